The first-order valence-corrected chi connectivity index (χ1v) is 6.42. The number of hydrogen-bond donors (Lipinski definition) is 2. The average molecular weight is 239 g/mol. The lowest BCUT2D eigenvalue weighted by atomic mass is 9.81. The van der Waals surface area contributed by atoms with Crippen molar-refractivity contribution in [2.75, 3.05) is 0 Å². The van der Waals surface area contributed by atoms with Crippen LogP contribution in [0.1, 0.15) is 47.9 Å². The van der Waals surface area contributed by atoms with Crippen molar-refractivity contribution in [1.29, 1.82) is 0 Å². The minimum absolute atomic E-state index is 0.439. The summed E-state index contributed by atoms with van der Waals surface area (Å²) in [5.41, 5.74) is 5.73. The number of carboxylic acids is 1. The quantitative estimate of drug-likeness (QED) is 0.833. The summed E-state index contributed by atoms with van der Waals surface area (Å²) >= 11 is 1.72. The molecule has 1 aromatic heterocycles. The Morgan fingerprint density at radius 1 is 1.62 bits per heavy atom. The van der Waals surface area contributed by atoms with Gasteiger partial charge in [0.1, 0.15) is 5.54 Å². The molecule has 1 aliphatic rings. The fourth-order valence-electron chi connectivity index (χ4n) is 2.18. The molecule has 2 rings (SSSR count). The number of nitrogens with two attached hydrogens (primary N) is 1. The number of rotatable bonds is 2. The average Bonchev–Trinajstić information content (AvgIpc) is 2.63. The van der Waals surface area contributed by atoms with E-state index >= 15 is 0 Å². The van der Waals surface area contributed by atoms with Crippen LogP contribution in [0.3, 0.4) is 0 Å². The van der Waals surface area contributed by atoms with Gasteiger partial charge in [0.2, 0.25) is 0 Å². The minimum Gasteiger partial charge on any atom is -0.480 e. The molecule has 1 heterocycles. The van der Waals surface area contributed by atoms with Crippen molar-refractivity contribution in [3.8, 4) is 0 Å². The molecule has 0 radical (unpaired) electrons. The van der Waals surface area contributed by atoms with Crippen molar-refractivity contribution in [1.82, 2.24) is 0 Å². The molecule has 1 unspecified atom stereocenters. The van der Waals surface area contributed by atoms with Crippen LogP contribution in [-0.4, -0.2) is 11.1 Å². The highest BCUT2D eigenvalue weighted by molar-refractivity contribution is 7.12. The van der Waals surface area contributed by atoms with Crippen LogP contribution in [0.25, 0.3) is 0 Å². The highest BCUT2D eigenvalue weighted by Gasteiger charge is 2.41. The van der Waals surface area contributed by atoms with Crippen molar-refractivity contribution < 1.29 is 9.90 Å². The molecular formula is C12H17NO2S. The minimum atomic E-state index is -1.16. The third kappa shape index (κ3) is 1.66. The van der Waals surface area contributed by atoms with Crippen LogP contribution in [0.15, 0.2) is 6.07 Å². The van der Waals surface area contributed by atoms with Crippen molar-refractivity contribution in [3.05, 3.63) is 21.4 Å². The summed E-state index contributed by atoms with van der Waals surface area (Å²) in [5, 5.41) is 9.27. The van der Waals surface area contributed by atoms with Gasteiger partial charge in [-0.25, -0.2) is 4.79 Å². The second-order valence-electron chi connectivity index (χ2n) is 4.77. The number of hydrogen-bond acceptors (Lipinski definition) is 3. The fraction of sp³-hybridized carbons (Fsp3) is 0.583. The van der Waals surface area contributed by atoms with E-state index in [0.29, 0.717) is 12.3 Å². The summed E-state index contributed by atoms with van der Waals surface area (Å²) in [6.07, 6.45) is 2.39. The van der Waals surface area contributed by atoms with E-state index in [4.69, 9.17) is 5.73 Å². The van der Waals surface area contributed by atoms with Crippen molar-refractivity contribution in [2.24, 2.45) is 5.73 Å². The first-order valence-electron chi connectivity index (χ1n) is 5.60. The summed E-state index contributed by atoms with van der Waals surface area (Å²) < 4.78 is 0. The van der Waals surface area contributed by atoms with Crippen LogP contribution in [0.5, 0.6) is 0 Å². The molecule has 0 amide bonds. The number of carbonyl (C=O) groups is 1. The van der Waals surface area contributed by atoms with Crippen molar-refractivity contribution in [3.63, 3.8) is 0 Å². The zero-order valence-corrected chi connectivity index (χ0v) is 10.4. The smallest absolute Gasteiger partial charge is 0.328 e. The predicted octanol–water partition coefficient (Wildman–Crippen LogP) is 2.45. The maximum absolute atomic E-state index is 11.3. The summed E-state index contributed by atoms with van der Waals surface area (Å²) in [5.74, 6) is -0.463. The van der Waals surface area contributed by atoms with Gasteiger partial charge < -0.3 is 10.8 Å². The van der Waals surface area contributed by atoms with E-state index in [9.17, 15) is 9.90 Å². The van der Waals surface area contributed by atoms with Gasteiger partial charge in [-0.3, -0.25) is 0 Å². The first-order chi connectivity index (χ1) is 7.45. The molecule has 3 N–H and O–H groups in total. The molecule has 16 heavy (non-hydrogen) atoms. The Bertz CT molecular complexity index is 425. The highest BCUT2D eigenvalue weighted by Crippen LogP contribution is 2.40. The zero-order chi connectivity index (χ0) is 11.9. The lowest BCUT2D eigenvalue weighted by molar-refractivity contribution is -0.144. The standard InChI is InChI=1S/C12H17NO2S/c1-7(2)10-6-8-9(16-10)4-3-5-12(8,13)11(14)15/h6-7H,3-5,13H2,1-2H3,(H,14,15). The van der Waals surface area contributed by atoms with Crippen LogP contribution >= 0.6 is 11.3 Å². The van der Waals surface area contributed by atoms with Gasteiger partial charge in [0, 0.05) is 9.75 Å². The van der Waals surface area contributed by atoms with E-state index < -0.39 is 11.5 Å². The Balaban J connectivity index is 2.50. The Kier molecular flexibility index (Phi) is 2.80. The van der Waals surface area contributed by atoms with E-state index in [0.717, 1.165) is 18.4 Å². The van der Waals surface area contributed by atoms with Gasteiger partial charge in [-0.1, -0.05) is 13.8 Å². The third-order valence-electron chi connectivity index (χ3n) is 3.23. The Labute approximate surface area is 99.3 Å². The number of thiophene rings is 1. The Morgan fingerprint density at radius 2 is 2.31 bits per heavy atom. The molecule has 0 bridgehead atoms. The predicted molar refractivity (Wildman–Crippen MR) is 64.8 cm³/mol. The second-order valence-corrected chi connectivity index (χ2v) is 5.94. The number of aliphatic carboxylic acids is 1. The van der Waals surface area contributed by atoms with E-state index in [-0.39, 0.29) is 0 Å². The van der Waals surface area contributed by atoms with E-state index in [1.54, 1.807) is 11.3 Å². The molecule has 0 saturated carbocycles. The van der Waals surface area contributed by atoms with Gasteiger partial charge in [0.05, 0.1) is 0 Å². The molecule has 0 saturated heterocycles. The van der Waals surface area contributed by atoms with Gasteiger partial charge in [-0.2, -0.15) is 0 Å². The topological polar surface area (TPSA) is 63.3 Å². The van der Waals surface area contributed by atoms with Gasteiger partial charge in [-0.05, 0) is 36.8 Å². The largest absolute Gasteiger partial charge is 0.480 e. The number of aryl methyl sites for hydroxylation is 1. The zero-order valence-electron chi connectivity index (χ0n) is 9.62. The van der Waals surface area contributed by atoms with Gasteiger partial charge in [0.15, 0.2) is 0 Å². The molecule has 0 fully saturated rings. The summed E-state index contributed by atoms with van der Waals surface area (Å²) in [6.45, 7) is 4.24. The summed E-state index contributed by atoms with van der Waals surface area (Å²) in [7, 11) is 0. The van der Waals surface area contributed by atoms with Gasteiger partial charge >= 0.3 is 5.97 Å². The van der Waals surface area contributed by atoms with Crippen molar-refractivity contribution in [2.45, 2.75) is 44.6 Å². The van der Waals surface area contributed by atoms with Crippen LogP contribution in [0, 0.1) is 0 Å². The van der Waals surface area contributed by atoms with E-state index in [1.807, 2.05) is 6.07 Å². The van der Waals surface area contributed by atoms with E-state index in [2.05, 4.69) is 13.8 Å². The maximum atomic E-state index is 11.3. The number of carboxylic acid groups (broad SMARTS) is 1. The monoisotopic (exact) mass is 239 g/mol. The van der Waals surface area contributed by atoms with Gasteiger partial charge in [-0.15, -0.1) is 11.3 Å². The summed E-state index contributed by atoms with van der Waals surface area (Å²) in [4.78, 5) is 13.7. The van der Waals surface area contributed by atoms with Gasteiger partial charge in [0.25, 0.3) is 0 Å². The second kappa shape index (κ2) is 3.86. The van der Waals surface area contributed by atoms with Crippen molar-refractivity contribution >= 4 is 17.3 Å². The van der Waals surface area contributed by atoms with Crippen LogP contribution in [-0.2, 0) is 16.8 Å². The summed E-state index contributed by atoms with van der Waals surface area (Å²) in [6, 6.07) is 2.00. The third-order valence-corrected chi connectivity index (χ3v) is 4.73. The van der Waals surface area contributed by atoms with Crippen LogP contribution in [0.4, 0.5) is 0 Å². The lowest BCUT2D eigenvalue weighted by Crippen LogP contribution is -2.46. The fourth-order valence-corrected chi connectivity index (χ4v) is 3.48. The van der Waals surface area contributed by atoms with Crippen LogP contribution in [0.2, 0.25) is 0 Å². The molecule has 0 aromatic carbocycles. The first kappa shape index (κ1) is 11.6. The molecule has 1 atom stereocenters. The molecule has 1 aromatic rings. The molecule has 0 aliphatic heterocycles. The molecular weight excluding hydrogens is 222 g/mol. The Hall–Kier alpha value is -0.870. The normalized spacial score (nSPS) is 24.5. The molecule has 88 valence electrons. The SMILES string of the molecule is CC(C)c1cc2c(s1)CCCC2(N)C(=O)O. The molecule has 0 spiro atoms. The lowest BCUT2D eigenvalue weighted by Gasteiger charge is -2.29. The highest BCUT2D eigenvalue weighted by atomic mass is 32.1. The molecule has 3 nitrogen and oxygen atoms in total. The Morgan fingerprint density at radius 3 is 2.88 bits per heavy atom. The maximum Gasteiger partial charge on any atom is 0.328 e. The number of fused-ring (bicyclic) bond motifs is 1. The van der Waals surface area contributed by atoms with Crippen LogP contribution < -0.4 is 5.73 Å². The molecule has 4 heteroatoms. The molecule has 1 aliphatic carbocycles. The van der Waals surface area contributed by atoms with E-state index in [1.165, 1.54) is 9.75 Å².